The van der Waals surface area contributed by atoms with Crippen molar-refractivity contribution in [3.63, 3.8) is 0 Å². The van der Waals surface area contributed by atoms with E-state index in [1.807, 2.05) is 43.9 Å². The topological polar surface area (TPSA) is 41.6 Å². The number of methoxy groups -OCH3 is 1. The van der Waals surface area contributed by atoms with Gasteiger partial charge in [0.25, 0.3) is 0 Å². The number of urea groups is 1. The summed E-state index contributed by atoms with van der Waals surface area (Å²) in [5.41, 5.74) is 1.94. The summed E-state index contributed by atoms with van der Waals surface area (Å²) in [6.45, 7) is 6.71. The molecule has 4 nitrogen and oxygen atoms in total. The second kappa shape index (κ2) is 5.11. The van der Waals surface area contributed by atoms with Crippen LogP contribution in [0.15, 0.2) is 18.2 Å². The van der Waals surface area contributed by atoms with Gasteiger partial charge in [0.2, 0.25) is 0 Å². The molecule has 2 rings (SSSR count). The van der Waals surface area contributed by atoms with E-state index in [0.29, 0.717) is 0 Å². The maximum absolute atomic E-state index is 12.4. The summed E-state index contributed by atoms with van der Waals surface area (Å²) < 4.78 is 5.25. The molecule has 0 radical (unpaired) electrons. The van der Waals surface area contributed by atoms with Gasteiger partial charge in [0.15, 0.2) is 0 Å². The second-order valence-corrected chi connectivity index (χ2v) is 5.93. The second-order valence-electron chi connectivity index (χ2n) is 5.93. The van der Waals surface area contributed by atoms with Gasteiger partial charge in [-0.3, -0.25) is 4.90 Å². The molecule has 1 aliphatic heterocycles. The summed E-state index contributed by atoms with van der Waals surface area (Å²) in [6.07, 6.45) is 2.01. The molecule has 1 aromatic carbocycles. The molecule has 0 fully saturated rings. The van der Waals surface area contributed by atoms with E-state index in [9.17, 15) is 4.79 Å². The number of aryl methyl sites for hydroxylation is 1. The van der Waals surface area contributed by atoms with E-state index in [1.165, 1.54) is 5.56 Å². The zero-order valence-electron chi connectivity index (χ0n) is 12.1. The summed E-state index contributed by atoms with van der Waals surface area (Å²) >= 11 is 0. The molecule has 1 aromatic rings. The first-order chi connectivity index (χ1) is 8.90. The monoisotopic (exact) mass is 262 g/mol. The number of amides is 2. The Bertz CT molecular complexity index is 478. The molecular weight excluding hydrogens is 240 g/mol. The van der Waals surface area contributed by atoms with E-state index in [-0.39, 0.29) is 11.6 Å². The van der Waals surface area contributed by atoms with E-state index in [2.05, 4.69) is 5.32 Å². The first-order valence-electron chi connectivity index (χ1n) is 6.67. The lowest BCUT2D eigenvalue weighted by molar-refractivity contribution is 0.237. The van der Waals surface area contributed by atoms with E-state index in [0.717, 1.165) is 30.8 Å². The summed E-state index contributed by atoms with van der Waals surface area (Å²) in [5, 5.41) is 3.01. The lowest BCUT2D eigenvalue weighted by Crippen LogP contribution is -2.50. The van der Waals surface area contributed by atoms with Crippen LogP contribution < -0.4 is 15.0 Å². The molecule has 19 heavy (non-hydrogen) atoms. The van der Waals surface area contributed by atoms with Crippen molar-refractivity contribution in [2.24, 2.45) is 0 Å². The zero-order chi connectivity index (χ0) is 14.0. The third-order valence-corrected chi connectivity index (χ3v) is 3.14. The highest BCUT2D eigenvalue weighted by Crippen LogP contribution is 2.31. The van der Waals surface area contributed by atoms with E-state index in [1.54, 1.807) is 7.11 Å². The van der Waals surface area contributed by atoms with Gasteiger partial charge in [-0.2, -0.15) is 0 Å². The predicted molar refractivity (Wildman–Crippen MR) is 76.9 cm³/mol. The Morgan fingerprint density at radius 3 is 2.74 bits per heavy atom. The van der Waals surface area contributed by atoms with Gasteiger partial charge >= 0.3 is 6.03 Å². The quantitative estimate of drug-likeness (QED) is 0.845. The van der Waals surface area contributed by atoms with Crippen LogP contribution in [-0.2, 0) is 6.42 Å². The smallest absolute Gasteiger partial charge is 0.322 e. The molecule has 1 aliphatic rings. The minimum absolute atomic E-state index is 0.0401. The zero-order valence-corrected chi connectivity index (χ0v) is 12.1. The number of fused-ring (bicyclic) bond motifs is 1. The highest BCUT2D eigenvalue weighted by molar-refractivity contribution is 5.94. The van der Waals surface area contributed by atoms with Crippen LogP contribution in [0, 0.1) is 0 Å². The molecular formula is C15H22N2O2. The van der Waals surface area contributed by atoms with Crippen molar-refractivity contribution in [1.82, 2.24) is 5.32 Å². The molecule has 0 aliphatic carbocycles. The van der Waals surface area contributed by atoms with Gasteiger partial charge in [0.05, 0.1) is 12.8 Å². The van der Waals surface area contributed by atoms with Gasteiger partial charge in [0.1, 0.15) is 5.75 Å². The highest BCUT2D eigenvalue weighted by Gasteiger charge is 2.25. The first-order valence-corrected chi connectivity index (χ1v) is 6.67. The van der Waals surface area contributed by atoms with Crippen LogP contribution in [0.4, 0.5) is 10.5 Å². The number of anilines is 1. The third kappa shape index (κ3) is 3.19. The Hall–Kier alpha value is -1.71. The Morgan fingerprint density at radius 1 is 1.37 bits per heavy atom. The van der Waals surface area contributed by atoms with Crippen molar-refractivity contribution >= 4 is 11.7 Å². The number of hydrogen-bond acceptors (Lipinski definition) is 2. The van der Waals surface area contributed by atoms with Crippen LogP contribution in [0.3, 0.4) is 0 Å². The molecule has 4 heteroatoms. The molecule has 1 N–H and O–H groups in total. The fraction of sp³-hybridized carbons (Fsp3) is 0.533. The average molecular weight is 262 g/mol. The lowest BCUT2D eigenvalue weighted by Gasteiger charge is -2.32. The molecule has 2 amide bonds. The first kappa shape index (κ1) is 13.7. The fourth-order valence-electron chi connectivity index (χ4n) is 2.28. The minimum atomic E-state index is -0.229. The lowest BCUT2D eigenvalue weighted by atomic mass is 10.0. The third-order valence-electron chi connectivity index (χ3n) is 3.14. The molecule has 0 saturated heterocycles. The van der Waals surface area contributed by atoms with E-state index in [4.69, 9.17) is 4.74 Å². The molecule has 0 saturated carbocycles. The maximum atomic E-state index is 12.4. The fourth-order valence-corrected chi connectivity index (χ4v) is 2.28. The van der Waals surface area contributed by atoms with Gasteiger partial charge in [-0.25, -0.2) is 4.79 Å². The van der Waals surface area contributed by atoms with Crippen molar-refractivity contribution in [1.29, 1.82) is 0 Å². The van der Waals surface area contributed by atoms with Gasteiger partial charge in [0, 0.05) is 18.2 Å². The number of hydrogen-bond donors (Lipinski definition) is 1. The molecule has 0 bridgehead atoms. The normalized spacial score (nSPS) is 14.8. The van der Waals surface area contributed by atoms with Gasteiger partial charge in [-0.1, -0.05) is 6.07 Å². The predicted octanol–water partition coefficient (Wildman–Crippen LogP) is 2.96. The number of nitrogens with zero attached hydrogens (tertiary/aromatic N) is 1. The number of nitrogens with one attached hydrogen (secondary N) is 1. The van der Waals surface area contributed by atoms with Crippen molar-refractivity contribution in [2.45, 2.75) is 39.2 Å². The summed E-state index contributed by atoms with van der Waals surface area (Å²) in [6, 6.07) is 5.90. The number of benzene rings is 1. The summed E-state index contributed by atoms with van der Waals surface area (Å²) in [5.74, 6) is 0.786. The number of carbonyl (C=O) groups excluding carboxylic acids is 1. The minimum Gasteiger partial charge on any atom is -0.497 e. The number of rotatable bonds is 1. The highest BCUT2D eigenvalue weighted by atomic mass is 16.5. The van der Waals surface area contributed by atoms with E-state index >= 15 is 0 Å². The molecule has 0 atom stereocenters. The Balaban J connectivity index is 2.28. The Labute approximate surface area is 114 Å². The van der Waals surface area contributed by atoms with Gasteiger partial charge < -0.3 is 10.1 Å². The molecule has 104 valence electrons. The van der Waals surface area contributed by atoms with Gasteiger partial charge in [-0.05, 0) is 45.2 Å². The standard InChI is InChI=1S/C15H22N2O2/c1-15(2,3)16-14(18)17-9-5-6-11-7-8-12(19-4)10-13(11)17/h7-8,10H,5-6,9H2,1-4H3,(H,16,18). The number of carbonyl (C=O) groups is 1. The molecule has 1 heterocycles. The van der Waals surface area contributed by atoms with E-state index < -0.39 is 0 Å². The summed E-state index contributed by atoms with van der Waals surface area (Å²) in [4.78, 5) is 14.2. The van der Waals surface area contributed by atoms with Crippen LogP contribution >= 0.6 is 0 Å². The van der Waals surface area contributed by atoms with Crippen LogP contribution in [-0.4, -0.2) is 25.2 Å². The molecule has 0 unspecified atom stereocenters. The Kier molecular flexibility index (Phi) is 3.69. The Morgan fingerprint density at radius 2 is 2.11 bits per heavy atom. The maximum Gasteiger partial charge on any atom is 0.322 e. The molecule has 0 aromatic heterocycles. The van der Waals surface area contributed by atoms with Crippen molar-refractivity contribution in [2.75, 3.05) is 18.6 Å². The van der Waals surface area contributed by atoms with Crippen molar-refractivity contribution < 1.29 is 9.53 Å². The van der Waals surface area contributed by atoms with Crippen LogP contribution in [0.25, 0.3) is 0 Å². The summed E-state index contributed by atoms with van der Waals surface area (Å²) in [7, 11) is 1.64. The number of ether oxygens (including phenoxy) is 1. The average Bonchev–Trinajstić information content (AvgIpc) is 2.35. The largest absolute Gasteiger partial charge is 0.497 e. The SMILES string of the molecule is COc1ccc2c(c1)N(C(=O)NC(C)(C)C)CCC2. The van der Waals surface area contributed by atoms with Crippen LogP contribution in [0.2, 0.25) is 0 Å². The van der Waals surface area contributed by atoms with Gasteiger partial charge in [-0.15, -0.1) is 0 Å². The van der Waals surface area contributed by atoms with Crippen molar-refractivity contribution in [3.8, 4) is 5.75 Å². The molecule has 0 spiro atoms. The van der Waals surface area contributed by atoms with Crippen LogP contribution in [0.1, 0.15) is 32.8 Å². The van der Waals surface area contributed by atoms with Crippen molar-refractivity contribution in [3.05, 3.63) is 23.8 Å². The van der Waals surface area contributed by atoms with Crippen LogP contribution in [0.5, 0.6) is 5.75 Å².